The van der Waals surface area contributed by atoms with Gasteiger partial charge in [0, 0.05) is 30.7 Å². The number of aliphatic imine (C=N–C) groups is 1. The molecule has 1 aromatic rings. The number of likely N-dealkylation sites (tertiary alicyclic amines) is 1. The largest absolute Gasteiger partial charge is 0.338 e. The smallest absolute Gasteiger partial charge is 0.323 e. The summed E-state index contributed by atoms with van der Waals surface area (Å²) in [6.07, 6.45) is 8.51. The number of urea groups is 1. The van der Waals surface area contributed by atoms with Gasteiger partial charge in [0.15, 0.2) is 0 Å². The second kappa shape index (κ2) is 10.7. The molecule has 2 heterocycles. The van der Waals surface area contributed by atoms with Crippen molar-refractivity contribution in [3.8, 4) is 0 Å². The fourth-order valence-corrected chi connectivity index (χ4v) is 5.47. The van der Waals surface area contributed by atoms with E-state index in [1.807, 2.05) is 4.90 Å². The standard InChI is InChI=1S/C23H28ClFN4O2S/c24-20-14-26-21(15-32-20)27-23(31)29(18-4-2-1-3-5-18)19-10-12-28(13-11-19)22(30)16-6-8-17(25)9-7-16/h6-9,14,18-19H,1-5,10-13,15H2,(H,26,27,31). The van der Waals surface area contributed by atoms with E-state index in [0.717, 1.165) is 38.5 Å². The number of carbonyl (C=O) groups is 2. The van der Waals surface area contributed by atoms with Crippen LogP contribution in [0.4, 0.5) is 9.18 Å². The zero-order chi connectivity index (χ0) is 22.5. The maximum atomic E-state index is 13.3. The number of nitrogens with zero attached hydrogens (tertiary/aromatic N) is 3. The van der Waals surface area contributed by atoms with Crippen molar-refractivity contribution in [2.45, 2.75) is 57.0 Å². The van der Waals surface area contributed by atoms with Crippen LogP contribution in [-0.2, 0) is 0 Å². The highest BCUT2D eigenvalue weighted by molar-refractivity contribution is 8.05. The Labute approximate surface area is 197 Å². The zero-order valence-electron chi connectivity index (χ0n) is 17.9. The maximum Gasteiger partial charge on any atom is 0.323 e. The SMILES string of the molecule is O=C(c1ccc(F)cc1)N1CCC(N(C(=O)NC2=NC=C(Cl)SC2)C2CCCCC2)CC1. The number of halogens is 2. The fraction of sp³-hybridized carbons (Fsp3) is 0.522. The molecular weight excluding hydrogens is 451 g/mol. The molecule has 2 fully saturated rings. The highest BCUT2D eigenvalue weighted by Gasteiger charge is 2.35. The number of amides is 3. The molecule has 0 unspecified atom stereocenters. The van der Waals surface area contributed by atoms with Gasteiger partial charge in [-0.05, 0) is 49.9 Å². The first-order chi connectivity index (χ1) is 15.5. The summed E-state index contributed by atoms with van der Waals surface area (Å²) in [5, 5.41) is 3.00. The summed E-state index contributed by atoms with van der Waals surface area (Å²) in [7, 11) is 0. The molecule has 0 atom stereocenters. The highest BCUT2D eigenvalue weighted by atomic mass is 35.5. The topological polar surface area (TPSA) is 65.0 Å². The van der Waals surface area contributed by atoms with Crippen molar-refractivity contribution in [3.05, 3.63) is 46.2 Å². The van der Waals surface area contributed by atoms with Crippen LogP contribution in [0.15, 0.2) is 39.8 Å². The number of hydrogen-bond acceptors (Lipinski definition) is 4. The molecule has 1 saturated carbocycles. The number of thioether (sulfide) groups is 1. The lowest BCUT2D eigenvalue weighted by atomic mass is 9.91. The summed E-state index contributed by atoms with van der Waals surface area (Å²) in [5.41, 5.74) is 0.492. The van der Waals surface area contributed by atoms with E-state index in [4.69, 9.17) is 11.6 Å². The summed E-state index contributed by atoms with van der Waals surface area (Å²) in [4.78, 5) is 34.2. The normalized spacial score (nSPS) is 20.4. The Morgan fingerprint density at radius 2 is 1.72 bits per heavy atom. The van der Waals surface area contributed by atoms with Gasteiger partial charge in [0.2, 0.25) is 0 Å². The first kappa shape index (κ1) is 23.1. The van der Waals surface area contributed by atoms with Crippen molar-refractivity contribution in [3.63, 3.8) is 0 Å². The Kier molecular flexibility index (Phi) is 7.73. The van der Waals surface area contributed by atoms with Gasteiger partial charge in [-0.2, -0.15) is 0 Å². The Bertz CT molecular complexity index is 894. The Balaban J connectivity index is 1.42. The lowest BCUT2D eigenvalue weighted by Crippen LogP contribution is -2.56. The van der Waals surface area contributed by atoms with E-state index in [9.17, 15) is 14.0 Å². The van der Waals surface area contributed by atoms with Crippen LogP contribution in [0.2, 0.25) is 0 Å². The molecule has 0 spiro atoms. The molecule has 0 radical (unpaired) electrons. The molecule has 32 heavy (non-hydrogen) atoms. The summed E-state index contributed by atoms with van der Waals surface area (Å²) in [5.74, 6) is 0.723. The molecule has 172 valence electrons. The van der Waals surface area contributed by atoms with Crippen molar-refractivity contribution >= 4 is 41.1 Å². The van der Waals surface area contributed by atoms with E-state index in [1.165, 1.54) is 42.4 Å². The van der Waals surface area contributed by atoms with Crippen LogP contribution in [0.1, 0.15) is 55.3 Å². The first-order valence-corrected chi connectivity index (χ1v) is 12.6. The third kappa shape index (κ3) is 5.64. The Hall–Kier alpha value is -2.06. The molecule has 1 N–H and O–H groups in total. The Morgan fingerprint density at radius 1 is 1.06 bits per heavy atom. The van der Waals surface area contributed by atoms with Crippen LogP contribution >= 0.6 is 23.4 Å². The summed E-state index contributed by atoms with van der Waals surface area (Å²) in [6.45, 7) is 1.15. The molecule has 0 bridgehead atoms. The maximum absolute atomic E-state index is 13.3. The average Bonchev–Trinajstić information content (AvgIpc) is 2.82. The van der Waals surface area contributed by atoms with Gasteiger partial charge in [0.1, 0.15) is 11.7 Å². The first-order valence-electron chi connectivity index (χ1n) is 11.2. The predicted octanol–water partition coefficient (Wildman–Crippen LogP) is 4.96. The quantitative estimate of drug-likeness (QED) is 0.668. The van der Waals surface area contributed by atoms with E-state index in [-0.39, 0.29) is 29.8 Å². The van der Waals surface area contributed by atoms with Crippen molar-refractivity contribution in [2.24, 2.45) is 4.99 Å². The third-order valence-corrected chi connectivity index (χ3v) is 7.58. The molecule has 4 rings (SSSR count). The lowest BCUT2D eigenvalue weighted by Gasteiger charge is -2.43. The van der Waals surface area contributed by atoms with Crippen LogP contribution in [0, 0.1) is 5.82 Å². The van der Waals surface area contributed by atoms with Gasteiger partial charge in [-0.3, -0.25) is 10.1 Å². The van der Waals surface area contributed by atoms with Gasteiger partial charge in [0.05, 0.1) is 16.3 Å². The van der Waals surface area contributed by atoms with Gasteiger partial charge >= 0.3 is 6.03 Å². The van der Waals surface area contributed by atoms with Gasteiger partial charge in [-0.1, -0.05) is 30.9 Å². The van der Waals surface area contributed by atoms with Gasteiger partial charge < -0.3 is 9.80 Å². The summed E-state index contributed by atoms with van der Waals surface area (Å²) in [6, 6.07) is 5.85. The summed E-state index contributed by atoms with van der Waals surface area (Å²) >= 11 is 7.41. The molecule has 1 aromatic carbocycles. The minimum Gasteiger partial charge on any atom is -0.338 e. The number of benzene rings is 1. The van der Waals surface area contributed by atoms with Gasteiger partial charge in [-0.25, -0.2) is 14.2 Å². The number of carbonyl (C=O) groups excluding carboxylic acids is 2. The molecular formula is C23H28ClFN4O2S. The van der Waals surface area contributed by atoms with E-state index in [2.05, 4.69) is 10.3 Å². The molecule has 6 nitrogen and oxygen atoms in total. The molecule has 3 aliphatic rings. The van der Waals surface area contributed by atoms with Crippen molar-refractivity contribution in [1.82, 2.24) is 15.1 Å². The molecule has 3 amide bonds. The molecule has 9 heteroatoms. The van der Waals surface area contributed by atoms with Crippen LogP contribution in [-0.4, -0.2) is 58.5 Å². The zero-order valence-corrected chi connectivity index (χ0v) is 19.5. The molecule has 1 aliphatic carbocycles. The number of amidine groups is 1. The lowest BCUT2D eigenvalue weighted by molar-refractivity contribution is 0.0584. The number of nitrogens with one attached hydrogen (secondary N) is 1. The van der Waals surface area contributed by atoms with Gasteiger partial charge in [0.25, 0.3) is 5.91 Å². The van der Waals surface area contributed by atoms with Gasteiger partial charge in [-0.15, -0.1) is 11.8 Å². The minimum atomic E-state index is -0.354. The van der Waals surface area contributed by atoms with Crippen LogP contribution in [0.5, 0.6) is 0 Å². The number of hydrogen-bond donors (Lipinski definition) is 1. The molecule has 2 aliphatic heterocycles. The minimum absolute atomic E-state index is 0.0753. The van der Waals surface area contributed by atoms with Crippen LogP contribution in [0.25, 0.3) is 0 Å². The van der Waals surface area contributed by atoms with Crippen molar-refractivity contribution in [1.29, 1.82) is 0 Å². The number of rotatable bonds is 3. The van der Waals surface area contributed by atoms with E-state index >= 15 is 0 Å². The van der Waals surface area contributed by atoms with Crippen LogP contribution < -0.4 is 5.32 Å². The molecule has 0 aromatic heterocycles. The second-order valence-electron chi connectivity index (χ2n) is 8.46. The van der Waals surface area contributed by atoms with Crippen LogP contribution in [0.3, 0.4) is 0 Å². The third-order valence-electron chi connectivity index (χ3n) is 6.36. The number of piperidine rings is 1. The van der Waals surface area contributed by atoms with E-state index in [0.29, 0.717) is 34.6 Å². The fourth-order valence-electron chi connectivity index (χ4n) is 4.71. The van der Waals surface area contributed by atoms with Crippen molar-refractivity contribution < 1.29 is 14.0 Å². The highest BCUT2D eigenvalue weighted by Crippen LogP contribution is 2.29. The molecule has 1 saturated heterocycles. The monoisotopic (exact) mass is 478 g/mol. The summed E-state index contributed by atoms with van der Waals surface area (Å²) < 4.78 is 13.8. The van der Waals surface area contributed by atoms with E-state index in [1.54, 1.807) is 11.1 Å². The predicted molar refractivity (Wildman–Crippen MR) is 126 cm³/mol. The van der Waals surface area contributed by atoms with Crippen molar-refractivity contribution in [2.75, 3.05) is 18.8 Å². The second-order valence-corrected chi connectivity index (χ2v) is 10.1. The van der Waals surface area contributed by atoms with E-state index < -0.39 is 0 Å². The Morgan fingerprint density at radius 3 is 2.34 bits per heavy atom. The average molecular weight is 479 g/mol.